The first-order valence-electron chi connectivity index (χ1n) is 10.6. The highest BCUT2D eigenvalue weighted by Gasteiger charge is 2.25. The summed E-state index contributed by atoms with van der Waals surface area (Å²) in [4.78, 5) is 39.3. The molecule has 0 saturated carbocycles. The van der Waals surface area contributed by atoms with Gasteiger partial charge in [-0.2, -0.15) is 0 Å². The summed E-state index contributed by atoms with van der Waals surface area (Å²) in [6, 6.07) is 14.0. The molecule has 2 amide bonds. The smallest absolute Gasteiger partial charge is 0.290 e. The molecule has 0 spiro atoms. The minimum Gasteiger partial charge on any atom is -0.370 e. The SMILES string of the molecule is O=C1NC(=O)/C(=C\c2ccnc(N3CCC(CNc4ccc5ccccc5n4)CC3)n2)S1. The lowest BCUT2D eigenvalue weighted by Crippen LogP contribution is -2.37. The van der Waals surface area contributed by atoms with Gasteiger partial charge in [-0.15, -0.1) is 0 Å². The molecule has 4 heterocycles. The van der Waals surface area contributed by atoms with Gasteiger partial charge in [0, 0.05) is 31.2 Å². The monoisotopic (exact) mass is 446 g/mol. The van der Waals surface area contributed by atoms with E-state index in [2.05, 4.69) is 42.6 Å². The third kappa shape index (κ3) is 4.57. The van der Waals surface area contributed by atoms with Crippen LogP contribution in [0, 0.1) is 5.92 Å². The van der Waals surface area contributed by atoms with E-state index in [1.165, 1.54) is 0 Å². The summed E-state index contributed by atoms with van der Waals surface area (Å²) < 4.78 is 0. The van der Waals surface area contributed by atoms with Crippen LogP contribution in [0.25, 0.3) is 17.0 Å². The van der Waals surface area contributed by atoms with E-state index in [1.54, 1.807) is 18.3 Å². The molecule has 2 aliphatic rings. The molecule has 5 rings (SSSR count). The van der Waals surface area contributed by atoms with Crippen LogP contribution in [0.5, 0.6) is 0 Å². The number of carbonyl (C=O) groups excluding carboxylic acids is 2. The Morgan fingerprint density at radius 3 is 2.75 bits per heavy atom. The Kier molecular flexibility index (Phi) is 5.72. The number of amides is 2. The zero-order valence-electron chi connectivity index (χ0n) is 17.3. The van der Waals surface area contributed by atoms with Crippen molar-refractivity contribution in [1.82, 2.24) is 20.3 Å². The molecule has 8 nitrogen and oxygen atoms in total. The number of anilines is 2. The fourth-order valence-electron chi connectivity index (χ4n) is 3.90. The van der Waals surface area contributed by atoms with Gasteiger partial charge in [0.25, 0.3) is 11.1 Å². The van der Waals surface area contributed by atoms with E-state index in [0.29, 0.717) is 22.5 Å². The van der Waals surface area contributed by atoms with Gasteiger partial charge >= 0.3 is 0 Å². The van der Waals surface area contributed by atoms with E-state index < -0.39 is 0 Å². The summed E-state index contributed by atoms with van der Waals surface area (Å²) in [5.41, 5.74) is 1.62. The third-order valence-corrected chi connectivity index (χ3v) is 6.46. The maximum atomic E-state index is 11.8. The number of nitrogens with zero attached hydrogens (tertiary/aromatic N) is 4. The number of hydrogen-bond donors (Lipinski definition) is 2. The van der Waals surface area contributed by atoms with E-state index in [-0.39, 0.29) is 11.1 Å². The van der Waals surface area contributed by atoms with Crippen LogP contribution in [-0.2, 0) is 4.79 Å². The predicted octanol–water partition coefficient (Wildman–Crippen LogP) is 3.68. The van der Waals surface area contributed by atoms with Crippen LogP contribution in [0.15, 0.2) is 53.6 Å². The summed E-state index contributed by atoms with van der Waals surface area (Å²) in [6.45, 7) is 2.61. The summed E-state index contributed by atoms with van der Waals surface area (Å²) in [6.07, 6.45) is 5.38. The molecule has 0 unspecified atom stereocenters. The molecule has 0 aliphatic carbocycles. The number of para-hydroxylation sites is 1. The van der Waals surface area contributed by atoms with Crippen LogP contribution < -0.4 is 15.5 Å². The van der Waals surface area contributed by atoms with Crippen LogP contribution in [0.3, 0.4) is 0 Å². The minimum absolute atomic E-state index is 0.353. The molecular weight excluding hydrogens is 424 g/mol. The standard InChI is InChI=1S/C23H22N6O2S/c30-21-19(32-23(31)28-21)13-17-7-10-24-22(26-17)29-11-8-15(9-12-29)14-25-20-6-5-16-3-1-2-4-18(16)27-20/h1-7,10,13,15H,8-9,11-12,14H2,(H,25,27)(H,28,30,31)/b19-13+. The lowest BCUT2D eigenvalue weighted by atomic mass is 9.97. The molecule has 32 heavy (non-hydrogen) atoms. The maximum absolute atomic E-state index is 11.8. The molecule has 2 aromatic heterocycles. The third-order valence-electron chi connectivity index (χ3n) is 5.65. The number of hydrogen-bond acceptors (Lipinski definition) is 8. The fraction of sp³-hybridized carbons (Fsp3) is 0.261. The number of piperidine rings is 1. The summed E-state index contributed by atoms with van der Waals surface area (Å²) in [7, 11) is 0. The van der Waals surface area contributed by atoms with Gasteiger partial charge in [0.1, 0.15) is 5.82 Å². The van der Waals surface area contributed by atoms with Gasteiger partial charge in [-0.05, 0) is 60.9 Å². The quantitative estimate of drug-likeness (QED) is 0.573. The van der Waals surface area contributed by atoms with Gasteiger partial charge in [0.15, 0.2) is 0 Å². The molecule has 0 bridgehead atoms. The maximum Gasteiger partial charge on any atom is 0.290 e. The van der Waals surface area contributed by atoms with Gasteiger partial charge in [0.05, 0.1) is 16.1 Å². The Morgan fingerprint density at radius 1 is 1.09 bits per heavy atom. The minimum atomic E-state index is -0.380. The van der Waals surface area contributed by atoms with Crippen molar-refractivity contribution in [2.24, 2.45) is 5.92 Å². The largest absolute Gasteiger partial charge is 0.370 e. The Hall–Kier alpha value is -3.46. The van der Waals surface area contributed by atoms with Crippen LogP contribution in [0.1, 0.15) is 18.5 Å². The van der Waals surface area contributed by atoms with E-state index in [0.717, 1.165) is 61.0 Å². The zero-order valence-corrected chi connectivity index (χ0v) is 18.1. The predicted molar refractivity (Wildman–Crippen MR) is 126 cm³/mol. The van der Waals surface area contributed by atoms with Crippen molar-refractivity contribution in [3.8, 4) is 0 Å². The fourth-order valence-corrected chi connectivity index (χ4v) is 4.57. The lowest BCUT2D eigenvalue weighted by Gasteiger charge is -2.32. The highest BCUT2D eigenvalue weighted by atomic mass is 32.2. The molecule has 0 atom stereocenters. The Bertz CT molecular complexity index is 1210. The van der Waals surface area contributed by atoms with Crippen molar-refractivity contribution >= 4 is 51.7 Å². The van der Waals surface area contributed by atoms with Crippen molar-refractivity contribution in [2.75, 3.05) is 29.9 Å². The van der Waals surface area contributed by atoms with Crippen LogP contribution in [0.2, 0.25) is 0 Å². The van der Waals surface area contributed by atoms with Crippen molar-refractivity contribution in [3.63, 3.8) is 0 Å². The van der Waals surface area contributed by atoms with Crippen molar-refractivity contribution in [1.29, 1.82) is 0 Å². The number of fused-ring (bicyclic) bond motifs is 1. The molecule has 1 aromatic carbocycles. The average molecular weight is 447 g/mol. The van der Waals surface area contributed by atoms with Gasteiger partial charge in [0.2, 0.25) is 5.95 Å². The number of thioether (sulfide) groups is 1. The van der Waals surface area contributed by atoms with Crippen molar-refractivity contribution in [3.05, 3.63) is 59.3 Å². The molecule has 2 fully saturated rings. The lowest BCUT2D eigenvalue weighted by molar-refractivity contribution is -0.115. The summed E-state index contributed by atoms with van der Waals surface area (Å²) >= 11 is 0.890. The van der Waals surface area contributed by atoms with Crippen LogP contribution in [0.4, 0.5) is 16.6 Å². The second-order valence-corrected chi connectivity index (χ2v) is 8.85. The Labute approximate surface area is 189 Å². The number of benzene rings is 1. The number of rotatable bonds is 5. The first-order valence-corrected chi connectivity index (χ1v) is 11.4. The molecule has 2 aliphatic heterocycles. The zero-order chi connectivity index (χ0) is 21.9. The topological polar surface area (TPSA) is 100 Å². The first kappa shape index (κ1) is 20.4. The summed E-state index contributed by atoms with van der Waals surface area (Å²) in [5, 5.41) is 6.52. The summed E-state index contributed by atoms with van der Waals surface area (Å²) in [5.74, 6) is 1.72. The number of aromatic nitrogens is 3. The van der Waals surface area contributed by atoms with Gasteiger partial charge < -0.3 is 10.2 Å². The highest BCUT2D eigenvalue weighted by molar-refractivity contribution is 8.18. The number of carbonyl (C=O) groups is 2. The Morgan fingerprint density at radius 2 is 1.94 bits per heavy atom. The van der Waals surface area contributed by atoms with E-state index in [1.807, 2.05) is 24.3 Å². The molecule has 0 radical (unpaired) electrons. The van der Waals surface area contributed by atoms with E-state index in [9.17, 15) is 9.59 Å². The van der Waals surface area contributed by atoms with Crippen LogP contribution in [-0.4, -0.2) is 45.7 Å². The van der Waals surface area contributed by atoms with Crippen molar-refractivity contribution < 1.29 is 9.59 Å². The first-order chi connectivity index (χ1) is 15.6. The Balaban J connectivity index is 1.17. The van der Waals surface area contributed by atoms with Gasteiger partial charge in [-0.25, -0.2) is 15.0 Å². The van der Waals surface area contributed by atoms with Crippen LogP contribution >= 0.6 is 11.8 Å². The normalized spacial score (nSPS) is 18.4. The number of nitrogens with one attached hydrogen (secondary N) is 2. The molecule has 162 valence electrons. The number of imide groups is 1. The highest BCUT2D eigenvalue weighted by Crippen LogP contribution is 2.26. The number of pyridine rings is 1. The van der Waals surface area contributed by atoms with Gasteiger partial charge in [-0.3, -0.25) is 14.9 Å². The second-order valence-electron chi connectivity index (χ2n) is 7.83. The second kappa shape index (κ2) is 8.96. The molecule has 9 heteroatoms. The molecule has 2 saturated heterocycles. The molecule has 2 N–H and O–H groups in total. The van der Waals surface area contributed by atoms with E-state index in [4.69, 9.17) is 0 Å². The molecular formula is C23H22N6O2S. The van der Waals surface area contributed by atoms with Crippen molar-refractivity contribution in [2.45, 2.75) is 12.8 Å². The molecule has 3 aromatic rings. The van der Waals surface area contributed by atoms with E-state index >= 15 is 0 Å². The average Bonchev–Trinajstić information content (AvgIpc) is 3.14. The van der Waals surface area contributed by atoms with Gasteiger partial charge in [-0.1, -0.05) is 18.2 Å².